The maximum absolute atomic E-state index is 12.6. The standard InChI is InChI=1S/C20H26N6O/c1-24-18-8-3-2-7-17(18)23-20(24)26-12-4-6-16(14-26)19(27)22-9-5-11-25-13-10-21-15-25/h2-3,7-8,10,13,15-16H,4-6,9,11-12,14H2,1H3,(H,22,27)/t16-/m1/s1. The summed E-state index contributed by atoms with van der Waals surface area (Å²) in [7, 11) is 2.05. The van der Waals surface area contributed by atoms with Crippen molar-refractivity contribution in [1.29, 1.82) is 0 Å². The minimum atomic E-state index is 0.0202. The van der Waals surface area contributed by atoms with Crippen LogP contribution in [0.5, 0.6) is 0 Å². The van der Waals surface area contributed by atoms with Gasteiger partial charge in [0.2, 0.25) is 11.9 Å². The normalized spacial score (nSPS) is 17.4. The van der Waals surface area contributed by atoms with Crippen molar-refractivity contribution in [3.63, 3.8) is 0 Å². The Bertz CT molecular complexity index is 900. The van der Waals surface area contributed by atoms with Crippen molar-refractivity contribution in [2.75, 3.05) is 24.5 Å². The van der Waals surface area contributed by atoms with Gasteiger partial charge in [-0.2, -0.15) is 0 Å². The summed E-state index contributed by atoms with van der Waals surface area (Å²) < 4.78 is 4.15. The number of hydrogen-bond acceptors (Lipinski definition) is 4. The molecule has 27 heavy (non-hydrogen) atoms. The molecule has 3 heterocycles. The molecule has 7 nitrogen and oxygen atoms in total. The second kappa shape index (κ2) is 7.82. The van der Waals surface area contributed by atoms with Crippen LogP contribution in [0.25, 0.3) is 11.0 Å². The topological polar surface area (TPSA) is 68.0 Å². The molecule has 0 bridgehead atoms. The number of carbonyl (C=O) groups excluding carboxylic acids is 1. The van der Waals surface area contributed by atoms with Crippen molar-refractivity contribution in [3.05, 3.63) is 43.0 Å². The number of hydrogen-bond donors (Lipinski definition) is 1. The molecule has 0 saturated carbocycles. The van der Waals surface area contributed by atoms with Crippen LogP contribution in [0.3, 0.4) is 0 Å². The Kier molecular flexibility index (Phi) is 5.09. The molecule has 1 atom stereocenters. The van der Waals surface area contributed by atoms with E-state index in [0.29, 0.717) is 6.54 Å². The molecule has 0 spiro atoms. The zero-order valence-corrected chi connectivity index (χ0v) is 15.7. The van der Waals surface area contributed by atoms with Crippen molar-refractivity contribution in [3.8, 4) is 0 Å². The number of imidazole rings is 2. The van der Waals surface area contributed by atoms with Crippen LogP contribution in [-0.4, -0.2) is 44.6 Å². The molecule has 0 radical (unpaired) electrons. The SMILES string of the molecule is Cn1c(N2CCC[C@@H](C(=O)NCCCn3ccnc3)C2)nc2ccccc21. The highest BCUT2D eigenvalue weighted by molar-refractivity contribution is 5.81. The fourth-order valence-electron chi connectivity index (χ4n) is 3.83. The van der Waals surface area contributed by atoms with Crippen LogP contribution < -0.4 is 10.2 Å². The van der Waals surface area contributed by atoms with Crippen molar-refractivity contribution in [1.82, 2.24) is 24.4 Å². The summed E-state index contributed by atoms with van der Waals surface area (Å²) in [6.45, 7) is 3.24. The molecule has 3 aromatic rings. The number of nitrogens with zero attached hydrogens (tertiary/aromatic N) is 5. The van der Waals surface area contributed by atoms with Gasteiger partial charge in [0.15, 0.2) is 0 Å². The summed E-state index contributed by atoms with van der Waals surface area (Å²) >= 11 is 0. The molecule has 2 aromatic heterocycles. The van der Waals surface area contributed by atoms with Crippen molar-refractivity contribution in [2.24, 2.45) is 13.0 Å². The molecule has 1 amide bonds. The molecule has 0 aliphatic carbocycles. The van der Waals surface area contributed by atoms with E-state index in [1.165, 1.54) is 0 Å². The van der Waals surface area contributed by atoms with Gasteiger partial charge in [-0.25, -0.2) is 9.97 Å². The summed E-state index contributed by atoms with van der Waals surface area (Å²) in [5, 5.41) is 3.10. The number of carbonyl (C=O) groups is 1. The van der Waals surface area contributed by atoms with E-state index in [4.69, 9.17) is 4.98 Å². The van der Waals surface area contributed by atoms with Gasteiger partial charge in [0, 0.05) is 45.6 Å². The zero-order valence-electron chi connectivity index (χ0n) is 15.7. The van der Waals surface area contributed by atoms with Gasteiger partial charge in [-0.05, 0) is 31.4 Å². The number of aryl methyl sites for hydroxylation is 2. The Balaban J connectivity index is 1.34. The third-order valence-electron chi connectivity index (χ3n) is 5.29. The second-order valence-corrected chi connectivity index (χ2v) is 7.19. The first-order valence-electron chi connectivity index (χ1n) is 9.62. The number of piperidine rings is 1. The molecule has 1 aliphatic heterocycles. The number of para-hydroxylation sites is 2. The van der Waals surface area contributed by atoms with Gasteiger partial charge in [-0.15, -0.1) is 0 Å². The third kappa shape index (κ3) is 3.82. The molecular weight excluding hydrogens is 340 g/mol. The zero-order chi connectivity index (χ0) is 18.6. The second-order valence-electron chi connectivity index (χ2n) is 7.19. The van der Waals surface area contributed by atoms with Crippen LogP contribution in [0.2, 0.25) is 0 Å². The molecule has 1 N–H and O–H groups in total. The Morgan fingerprint density at radius 3 is 3.04 bits per heavy atom. The van der Waals surface area contributed by atoms with Crippen LogP contribution in [0.1, 0.15) is 19.3 Å². The van der Waals surface area contributed by atoms with Gasteiger partial charge >= 0.3 is 0 Å². The molecule has 1 aliphatic rings. The van der Waals surface area contributed by atoms with Crippen LogP contribution in [0.4, 0.5) is 5.95 Å². The predicted molar refractivity (Wildman–Crippen MR) is 106 cm³/mol. The largest absolute Gasteiger partial charge is 0.356 e. The number of rotatable bonds is 6. The van der Waals surface area contributed by atoms with Crippen LogP contribution in [0.15, 0.2) is 43.0 Å². The summed E-state index contributed by atoms with van der Waals surface area (Å²) in [6, 6.07) is 8.16. The van der Waals surface area contributed by atoms with Crippen LogP contribution in [-0.2, 0) is 18.4 Å². The van der Waals surface area contributed by atoms with E-state index in [9.17, 15) is 4.79 Å². The van der Waals surface area contributed by atoms with Gasteiger partial charge < -0.3 is 19.4 Å². The number of aromatic nitrogens is 4. The van der Waals surface area contributed by atoms with Crippen LogP contribution in [0, 0.1) is 5.92 Å². The number of amides is 1. The quantitative estimate of drug-likeness (QED) is 0.679. The number of nitrogens with one attached hydrogen (secondary N) is 1. The maximum Gasteiger partial charge on any atom is 0.224 e. The Morgan fingerprint density at radius 1 is 1.33 bits per heavy atom. The Hall–Kier alpha value is -2.83. The fourth-order valence-corrected chi connectivity index (χ4v) is 3.83. The lowest BCUT2D eigenvalue weighted by molar-refractivity contribution is -0.125. The molecule has 4 rings (SSSR count). The highest BCUT2D eigenvalue weighted by Gasteiger charge is 2.27. The minimum Gasteiger partial charge on any atom is -0.356 e. The molecular formula is C20H26N6O. The van der Waals surface area contributed by atoms with E-state index in [0.717, 1.165) is 55.9 Å². The molecule has 1 fully saturated rings. The minimum absolute atomic E-state index is 0.0202. The van der Waals surface area contributed by atoms with E-state index in [2.05, 4.69) is 25.8 Å². The van der Waals surface area contributed by atoms with Crippen molar-refractivity contribution in [2.45, 2.75) is 25.8 Å². The van der Waals surface area contributed by atoms with Crippen molar-refractivity contribution < 1.29 is 4.79 Å². The van der Waals surface area contributed by atoms with Gasteiger partial charge in [-0.1, -0.05) is 12.1 Å². The number of fused-ring (bicyclic) bond motifs is 1. The van der Waals surface area contributed by atoms with Gasteiger partial charge in [0.05, 0.1) is 23.3 Å². The Morgan fingerprint density at radius 2 is 2.22 bits per heavy atom. The smallest absolute Gasteiger partial charge is 0.224 e. The molecule has 142 valence electrons. The summed E-state index contributed by atoms with van der Waals surface area (Å²) in [5.74, 6) is 1.13. The number of benzene rings is 1. The predicted octanol–water partition coefficient (Wildman–Crippen LogP) is 2.19. The van der Waals surface area contributed by atoms with E-state index >= 15 is 0 Å². The monoisotopic (exact) mass is 366 g/mol. The molecule has 1 aromatic carbocycles. The molecule has 1 saturated heterocycles. The Labute approximate surface area is 159 Å². The summed E-state index contributed by atoms with van der Waals surface area (Å²) in [5.41, 5.74) is 2.12. The molecule has 0 unspecified atom stereocenters. The van der Waals surface area contributed by atoms with E-state index < -0.39 is 0 Å². The first-order chi connectivity index (χ1) is 13.2. The van der Waals surface area contributed by atoms with E-state index in [1.54, 1.807) is 12.5 Å². The average molecular weight is 366 g/mol. The van der Waals surface area contributed by atoms with Crippen LogP contribution >= 0.6 is 0 Å². The van der Waals surface area contributed by atoms with Gasteiger partial charge in [-0.3, -0.25) is 4.79 Å². The van der Waals surface area contributed by atoms with E-state index in [1.807, 2.05) is 36.0 Å². The first-order valence-corrected chi connectivity index (χ1v) is 9.62. The highest BCUT2D eigenvalue weighted by atomic mass is 16.1. The highest BCUT2D eigenvalue weighted by Crippen LogP contribution is 2.25. The lowest BCUT2D eigenvalue weighted by Crippen LogP contribution is -2.44. The third-order valence-corrected chi connectivity index (χ3v) is 5.29. The lowest BCUT2D eigenvalue weighted by Gasteiger charge is -2.32. The first kappa shape index (κ1) is 17.6. The summed E-state index contributed by atoms with van der Waals surface area (Å²) in [4.78, 5) is 23.7. The lowest BCUT2D eigenvalue weighted by atomic mass is 9.97. The maximum atomic E-state index is 12.6. The van der Waals surface area contributed by atoms with Gasteiger partial charge in [0.25, 0.3) is 0 Å². The molecule has 7 heteroatoms. The average Bonchev–Trinajstić information content (AvgIpc) is 3.33. The summed E-state index contributed by atoms with van der Waals surface area (Å²) in [6.07, 6.45) is 8.37. The fraction of sp³-hybridized carbons (Fsp3) is 0.450. The number of anilines is 1. The van der Waals surface area contributed by atoms with E-state index in [-0.39, 0.29) is 11.8 Å². The van der Waals surface area contributed by atoms with Gasteiger partial charge in [0.1, 0.15) is 0 Å². The van der Waals surface area contributed by atoms with Crippen molar-refractivity contribution >= 4 is 22.9 Å².